The van der Waals surface area contributed by atoms with Gasteiger partial charge in [-0.25, -0.2) is 10.2 Å². The summed E-state index contributed by atoms with van der Waals surface area (Å²) < 4.78 is 9.87. The fourth-order valence-electron chi connectivity index (χ4n) is 2.88. The Labute approximate surface area is 165 Å². The third-order valence-corrected chi connectivity index (χ3v) is 5.45. The molecule has 0 saturated carbocycles. The summed E-state index contributed by atoms with van der Waals surface area (Å²) in [6.07, 6.45) is 3.97. The van der Waals surface area contributed by atoms with Crippen molar-refractivity contribution in [1.82, 2.24) is 5.43 Å². The predicted octanol–water partition coefficient (Wildman–Crippen LogP) is 2.12. The van der Waals surface area contributed by atoms with E-state index >= 15 is 0 Å². The van der Waals surface area contributed by atoms with Gasteiger partial charge in [0, 0.05) is 4.88 Å². The summed E-state index contributed by atoms with van der Waals surface area (Å²) in [5.74, 6) is -1.66. The maximum absolute atomic E-state index is 12.2. The monoisotopic (exact) mass is 401 g/mol. The second kappa shape index (κ2) is 8.66. The number of hydrogen-bond donors (Lipinski definition) is 2. The Morgan fingerprint density at radius 2 is 1.86 bits per heavy atom. The lowest BCUT2D eigenvalue weighted by Gasteiger charge is -2.06. The molecule has 0 bridgehead atoms. The topological polar surface area (TPSA) is 106 Å². The van der Waals surface area contributed by atoms with Crippen LogP contribution in [0.15, 0.2) is 29.4 Å². The number of nitrogens with zero attached hydrogens (tertiary/aromatic N) is 1. The molecular formula is C19H19N3O5S. The van der Waals surface area contributed by atoms with Crippen LogP contribution in [0.25, 0.3) is 0 Å². The molecule has 0 radical (unpaired) electrons. The van der Waals surface area contributed by atoms with Crippen molar-refractivity contribution in [2.24, 2.45) is 5.10 Å². The summed E-state index contributed by atoms with van der Waals surface area (Å²) in [5, 5.41) is 6.59. The molecule has 0 fully saturated rings. The molecule has 1 aliphatic carbocycles. The third kappa shape index (κ3) is 4.20. The van der Waals surface area contributed by atoms with E-state index in [0.29, 0.717) is 16.3 Å². The summed E-state index contributed by atoms with van der Waals surface area (Å²) in [7, 11) is 2.85. The Morgan fingerprint density at radius 3 is 2.54 bits per heavy atom. The molecule has 1 aliphatic rings. The number of carbonyl (C=O) groups is 3. The van der Waals surface area contributed by atoms with Gasteiger partial charge in [-0.3, -0.25) is 9.59 Å². The number of carbonyl (C=O) groups excluding carboxylic acids is 3. The highest BCUT2D eigenvalue weighted by molar-refractivity contribution is 7.17. The molecule has 0 unspecified atom stereocenters. The number of benzene rings is 1. The molecular weight excluding hydrogens is 382 g/mol. The smallest absolute Gasteiger partial charge is 0.341 e. The zero-order valence-electron chi connectivity index (χ0n) is 15.4. The van der Waals surface area contributed by atoms with Gasteiger partial charge in [-0.2, -0.15) is 5.10 Å². The van der Waals surface area contributed by atoms with Crippen LogP contribution in [0.2, 0.25) is 0 Å². The van der Waals surface area contributed by atoms with Gasteiger partial charge in [-0.15, -0.1) is 11.3 Å². The number of ether oxygens (including phenoxy) is 2. The second-order valence-electron chi connectivity index (χ2n) is 5.98. The maximum atomic E-state index is 12.2. The normalized spacial score (nSPS) is 12.5. The standard InChI is InChI=1S/C19H19N3O5S/c1-26-12-8-6-11(7-9-12)10-20-22-17(24)16(23)21-18-15(19(25)27-2)13-4-3-5-14(13)28-18/h6-10H,3-5H2,1-2H3,(H,21,23)(H,22,24). The first kappa shape index (κ1) is 19.6. The highest BCUT2D eigenvalue weighted by atomic mass is 32.1. The number of rotatable bonds is 5. The van der Waals surface area contributed by atoms with E-state index in [1.807, 2.05) is 0 Å². The Kier molecular flexibility index (Phi) is 6.05. The molecule has 0 aliphatic heterocycles. The summed E-state index contributed by atoms with van der Waals surface area (Å²) in [5.41, 5.74) is 4.12. The number of hydrogen-bond acceptors (Lipinski definition) is 7. The highest BCUT2D eigenvalue weighted by Gasteiger charge is 2.29. The maximum Gasteiger partial charge on any atom is 0.341 e. The summed E-state index contributed by atoms with van der Waals surface area (Å²) in [6, 6.07) is 7.01. The quantitative estimate of drug-likeness (QED) is 0.345. The van der Waals surface area contributed by atoms with Crippen molar-refractivity contribution in [2.45, 2.75) is 19.3 Å². The fourth-order valence-corrected chi connectivity index (χ4v) is 4.15. The van der Waals surface area contributed by atoms with Gasteiger partial charge >= 0.3 is 17.8 Å². The molecule has 1 aromatic heterocycles. The Balaban J connectivity index is 1.64. The van der Waals surface area contributed by atoms with Gasteiger partial charge in [0.1, 0.15) is 10.8 Å². The van der Waals surface area contributed by atoms with E-state index in [4.69, 9.17) is 9.47 Å². The SMILES string of the molecule is COC(=O)c1c(NC(=O)C(=O)NN=Cc2ccc(OC)cc2)sc2c1CCC2. The van der Waals surface area contributed by atoms with Crippen molar-refractivity contribution in [3.05, 3.63) is 45.8 Å². The summed E-state index contributed by atoms with van der Waals surface area (Å²) in [6.45, 7) is 0. The van der Waals surface area contributed by atoms with Crippen LogP contribution in [0.3, 0.4) is 0 Å². The van der Waals surface area contributed by atoms with Crippen molar-refractivity contribution < 1.29 is 23.9 Å². The van der Waals surface area contributed by atoms with Gasteiger partial charge in [-0.1, -0.05) is 0 Å². The molecule has 2 amide bonds. The Bertz CT molecular complexity index is 934. The largest absolute Gasteiger partial charge is 0.497 e. The lowest BCUT2D eigenvalue weighted by molar-refractivity contribution is -0.136. The number of hydrazone groups is 1. The first-order valence-electron chi connectivity index (χ1n) is 8.54. The Morgan fingerprint density at radius 1 is 1.11 bits per heavy atom. The number of anilines is 1. The van der Waals surface area contributed by atoms with Crippen LogP contribution >= 0.6 is 11.3 Å². The third-order valence-electron chi connectivity index (χ3n) is 4.24. The minimum atomic E-state index is -0.936. The number of nitrogens with one attached hydrogen (secondary N) is 2. The molecule has 0 atom stereocenters. The van der Waals surface area contributed by atoms with Crippen LogP contribution in [0, 0.1) is 0 Å². The van der Waals surface area contributed by atoms with E-state index < -0.39 is 17.8 Å². The van der Waals surface area contributed by atoms with Crippen LogP contribution in [-0.2, 0) is 27.2 Å². The molecule has 1 heterocycles. The molecule has 8 nitrogen and oxygen atoms in total. The number of aryl methyl sites for hydroxylation is 1. The van der Waals surface area contributed by atoms with E-state index in [1.165, 1.54) is 24.7 Å². The zero-order valence-corrected chi connectivity index (χ0v) is 16.2. The zero-order chi connectivity index (χ0) is 20.1. The summed E-state index contributed by atoms with van der Waals surface area (Å²) in [4.78, 5) is 37.3. The molecule has 0 spiro atoms. The molecule has 28 heavy (non-hydrogen) atoms. The molecule has 2 N–H and O–H groups in total. The van der Waals surface area contributed by atoms with Gasteiger partial charge in [0.25, 0.3) is 0 Å². The molecule has 146 valence electrons. The van der Waals surface area contributed by atoms with Crippen molar-refractivity contribution >= 4 is 40.3 Å². The van der Waals surface area contributed by atoms with E-state index in [1.54, 1.807) is 31.4 Å². The lowest BCUT2D eigenvalue weighted by atomic mass is 10.1. The number of amides is 2. The lowest BCUT2D eigenvalue weighted by Crippen LogP contribution is -2.32. The minimum Gasteiger partial charge on any atom is -0.497 e. The number of esters is 1. The van der Waals surface area contributed by atoms with Crippen LogP contribution in [-0.4, -0.2) is 38.2 Å². The number of methoxy groups -OCH3 is 2. The van der Waals surface area contributed by atoms with Crippen LogP contribution < -0.4 is 15.5 Å². The van der Waals surface area contributed by atoms with Crippen LogP contribution in [0.5, 0.6) is 5.75 Å². The molecule has 2 aromatic rings. The van der Waals surface area contributed by atoms with Gasteiger partial charge < -0.3 is 14.8 Å². The highest BCUT2D eigenvalue weighted by Crippen LogP contribution is 2.39. The van der Waals surface area contributed by atoms with Gasteiger partial charge in [-0.05, 0) is 54.7 Å². The molecule has 0 saturated heterocycles. The summed E-state index contributed by atoms with van der Waals surface area (Å²) >= 11 is 1.30. The number of thiophene rings is 1. The molecule has 1 aromatic carbocycles. The van der Waals surface area contributed by atoms with E-state index in [-0.39, 0.29) is 0 Å². The first-order valence-corrected chi connectivity index (χ1v) is 9.36. The average molecular weight is 401 g/mol. The predicted molar refractivity (Wildman–Crippen MR) is 105 cm³/mol. The molecule has 3 rings (SSSR count). The minimum absolute atomic E-state index is 0.329. The van der Waals surface area contributed by atoms with Crippen molar-refractivity contribution in [1.29, 1.82) is 0 Å². The molecule has 9 heteroatoms. The Hall–Kier alpha value is -3.20. The average Bonchev–Trinajstić information content (AvgIpc) is 3.28. The van der Waals surface area contributed by atoms with Crippen LogP contribution in [0.4, 0.5) is 5.00 Å². The fraction of sp³-hybridized carbons (Fsp3) is 0.263. The second-order valence-corrected chi connectivity index (χ2v) is 7.08. The van der Waals surface area contributed by atoms with Gasteiger partial charge in [0.05, 0.1) is 26.0 Å². The van der Waals surface area contributed by atoms with Crippen molar-refractivity contribution in [3.63, 3.8) is 0 Å². The van der Waals surface area contributed by atoms with E-state index in [2.05, 4.69) is 15.8 Å². The van der Waals surface area contributed by atoms with Crippen molar-refractivity contribution in [3.8, 4) is 5.75 Å². The van der Waals surface area contributed by atoms with E-state index in [0.717, 1.165) is 35.3 Å². The van der Waals surface area contributed by atoms with Crippen molar-refractivity contribution in [2.75, 3.05) is 19.5 Å². The van der Waals surface area contributed by atoms with Gasteiger partial charge in [0.2, 0.25) is 0 Å². The number of fused-ring (bicyclic) bond motifs is 1. The first-order chi connectivity index (χ1) is 13.5. The van der Waals surface area contributed by atoms with E-state index in [9.17, 15) is 14.4 Å². The van der Waals surface area contributed by atoms with Gasteiger partial charge in [0.15, 0.2) is 0 Å². The van der Waals surface area contributed by atoms with Crippen LogP contribution in [0.1, 0.15) is 32.8 Å².